The minimum Gasteiger partial charge on any atom is -0.345 e. The molecule has 0 aliphatic heterocycles. The molecule has 0 aliphatic carbocycles. The molecule has 3 N–H and O–H groups in total. The van der Waals surface area contributed by atoms with Gasteiger partial charge in [-0.1, -0.05) is 60.7 Å². The van der Waals surface area contributed by atoms with Crippen LogP contribution in [0.15, 0.2) is 60.7 Å². The Labute approximate surface area is 126 Å². The van der Waals surface area contributed by atoms with E-state index in [2.05, 4.69) is 5.32 Å². The molecule has 0 heterocycles. The third kappa shape index (κ3) is 4.72. The first kappa shape index (κ1) is 15.3. The van der Waals surface area contributed by atoms with Crippen molar-refractivity contribution in [1.82, 2.24) is 5.32 Å². The average molecular weight is 282 g/mol. The van der Waals surface area contributed by atoms with E-state index in [0.29, 0.717) is 12.8 Å². The minimum atomic E-state index is -0.118. The number of carbonyl (C=O) groups is 1. The van der Waals surface area contributed by atoms with Crippen LogP contribution in [0, 0.1) is 0 Å². The fourth-order valence-electron chi connectivity index (χ4n) is 2.24. The van der Waals surface area contributed by atoms with Crippen LogP contribution in [0.1, 0.15) is 36.9 Å². The number of amides is 1. The van der Waals surface area contributed by atoms with E-state index in [1.54, 1.807) is 0 Å². The van der Waals surface area contributed by atoms with Gasteiger partial charge in [-0.2, -0.15) is 0 Å². The zero-order valence-electron chi connectivity index (χ0n) is 12.3. The molecule has 0 aliphatic rings. The summed E-state index contributed by atoms with van der Waals surface area (Å²) in [5.74, 6) is 0.0324. The second-order valence-corrected chi connectivity index (χ2v) is 5.34. The summed E-state index contributed by atoms with van der Waals surface area (Å²) in [6, 6.07) is 19.9. The van der Waals surface area contributed by atoms with Crippen LogP contribution in [0.2, 0.25) is 0 Å². The molecule has 21 heavy (non-hydrogen) atoms. The number of nitrogens with one attached hydrogen (secondary N) is 1. The highest BCUT2D eigenvalue weighted by Gasteiger charge is 2.16. The van der Waals surface area contributed by atoms with Crippen molar-refractivity contribution in [2.45, 2.75) is 31.8 Å². The van der Waals surface area contributed by atoms with Crippen LogP contribution in [0.5, 0.6) is 0 Å². The second-order valence-electron chi connectivity index (χ2n) is 5.34. The lowest BCUT2D eigenvalue weighted by atomic mass is 9.98. The monoisotopic (exact) mass is 282 g/mol. The Kier molecular flexibility index (Phi) is 5.52. The van der Waals surface area contributed by atoms with Gasteiger partial charge in [0.15, 0.2) is 0 Å². The molecule has 2 aromatic rings. The summed E-state index contributed by atoms with van der Waals surface area (Å²) >= 11 is 0. The van der Waals surface area contributed by atoms with E-state index in [0.717, 1.165) is 11.1 Å². The summed E-state index contributed by atoms with van der Waals surface area (Å²) in [4.78, 5) is 12.1. The van der Waals surface area contributed by atoms with Gasteiger partial charge >= 0.3 is 0 Å². The van der Waals surface area contributed by atoms with E-state index in [9.17, 15) is 4.79 Å². The van der Waals surface area contributed by atoms with E-state index < -0.39 is 0 Å². The van der Waals surface area contributed by atoms with Gasteiger partial charge in [-0.15, -0.1) is 0 Å². The Morgan fingerprint density at radius 3 is 1.90 bits per heavy atom. The first-order valence-corrected chi connectivity index (χ1v) is 7.31. The summed E-state index contributed by atoms with van der Waals surface area (Å²) < 4.78 is 0. The Bertz CT molecular complexity index is 512. The van der Waals surface area contributed by atoms with Crippen molar-refractivity contribution in [3.05, 3.63) is 71.8 Å². The molecule has 1 atom stereocenters. The van der Waals surface area contributed by atoms with Gasteiger partial charge in [-0.25, -0.2) is 0 Å². The van der Waals surface area contributed by atoms with Gasteiger partial charge in [0.05, 0.1) is 6.04 Å². The number of benzene rings is 2. The third-order valence-electron chi connectivity index (χ3n) is 3.40. The van der Waals surface area contributed by atoms with Gasteiger partial charge in [-0.05, 0) is 24.5 Å². The Morgan fingerprint density at radius 1 is 1.00 bits per heavy atom. The SMILES string of the molecule is CC(N)CCC(=O)NC(c1ccccc1)c1ccccc1. The van der Waals surface area contributed by atoms with Gasteiger partial charge in [0, 0.05) is 12.5 Å². The van der Waals surface area contributed by atoms with Crippen molar-refractivity contribution in [3.63, 3.8) is 0 Å². The van der Waals surface area contributed by atoms with Crippen LogP contribution in [0.3, 0.4) is 0 Å². The predicted octanol–water partition coefficient (Wildman–Crippen LogP) is 3.02. The van der Waals surface area contributed by atoms with Crippen molar-refractivity contribution in [2.24, 2.45) is 5.73 Å². The molecule has 1 amide bonds. The summed E-state index contributed by atoms with van der Waals surface area (Å²) in [5.41, 5.74) is 7.88. The predicted molar refractivity (Wildman–Crippen MR) is 85.8 cm³/mol. The molecule has 0 spiro atoms. The molecule has 0 saturated carbocycles. The first-order valence-electron chi connectivity index (χ1n) is 7.31. The van der Waals surface area contributed by atoms with Crippen LogP contribution in [-0.4, -0.2) is 11.9 Å². The highest BCUT2D eigenvalue weighted by molar-refractivity contribution is 5.77. The maximum Gasteiger partial charge on any atom is 0.220 e. The average Bonchev–Trinajstić information content (AvgIpc) is 2.52. The highest BCUT2D eigenvalue weighted by Crippen LogP contribution is 2.21. The summed E-state index contributed by atoms with van der Waals surface area (Å²) in [6.07, 6.45) is 1.15. The zero-order valence-corrected chi connectivity index (χ0v) is 12.3. The fraction of sp³-hybridized carbons (Fsp3) is 0.278. The van der Waals surface area contributed by atoms with E-state index >= 15 is 0 Å². The standard InChI is InChI=1S/C18H22N2O/c1-14(19)12-13-17(21)20-18(15-8-4-2-5-9-15)16-10-6-3-7-11-16/h2-11,14,18H,12-13,19H2,1H3,(H,20,21). The Balaban J connectivity index is 2.16. The van der Waals surface area contributed by atoms with Crippen molar-refractivity contribution in [1.29, 1.82) is 0 Å². The molecule has 0 saturated heterocycles. The molecule has 110 valence electrons. The van der Waals surface area contributed by atoms with E-state index in [1.807, 2.05) is 67.6 Å². The topological polar surface area (TPSA) is 55.1 Å². The molecule has 3 heteroatoms. The largest absolute Gasteiger partial charge is 0.345 e. The van der Waals surface area contributed by atoms with Gasteiger partial charge in [0.2, 0.25) is 5.91 Å². The second kappa shape index (κ2) is 7.60. The molecule has 1 unspecified atom stereocenters. The highest BCUT2D eigenvalue weighted by atomic mass is 16.1. The van der Waals surface area contributed by atoms with E-state index in [-0.39, 0.29) is 18.0 Å². The normalized spacial score (nSPS) is 12.1. The first-order chi connectivity index (χ1) is 10.2. The number of hydrogen-bond donors (Lipinski definition) is 2. The fourth-order valence-corrected chi connectivity index (χ4v) is 2.24. The van der Waals surface area contributed by atoms with E-state index in [1.165, 1.54) is 0 Å². The van der Waals surface area contributed by atoms with Crippen LogP contribution in [0.4, 0.5) is 0 Å². The third-order valence-corrected chi connectivity index (χ3v) is 3.40. The number of hydrogen-bond acceptors (Lipinski definition) is 2. The molecule has 0 bridgehead atoms. The molecule has 3 nitrogen and oxygen atoms in total. The summed E-state index contributed by atoms with van der Waals surface area (Å²) in [7, 11) is 0. The number of carbonyl (C=O) groups excluding carboxylic acids is 1. The smallest absolute Gasteiger partial charge is 0.220 e. The molecular formula is C18H22N2O. The van der Waals surface area contributed by atoms with Crippen molar-refractivity contribution in [3.8, 4) is 0 Å². The molecule has 0 fully saturated rings. The lowest BCUT2D eigenvalue weighted by Crippen LogP contribution is -2.30. The van der Waals surface area contributed by atoms with Crippen LogP contribution in [-0.2, 0) is 4.79 Å². The van der Waals surface area contributed by atoms with Gasteiger partial charge in [0.1, 0.15) is 0 Å². The van der Waals surface area contributed by atoms with Crippen molar-refractivity contribution in [2.75, 3.05) is 0 Å². The van der Waals surface area contributed by atoms with Gasteiger partial charge in [-0.3, -0.25) is 4.79 Å². The van der Waals surface area contributed by atoms with Crippen molar-refractivity contribution < 1.29 is 4.79 Å². The molecule has 2 rings (SSSR count). The van der Waals surface area contributed by atoms with E-state index in [4.69, 9.17) is 5.73 Å². The van der Waals surface area contributed by atoms with Crippen LogP contribution < -0.4 is 11.1 Å². The van der Waals surface area contributed by atoms with Crippen molar-refractivity contribution >= 4 is 5.91 Å². The van der Waals surface area contributed by atoms with Gasteiger partial charge in [0.25, 0.3) is 0 Å². The van der Waals surface area contributed by atoms with Gasteiger partial charge < -0.3 is 11.1 Å². The number of nitrogens with two attached hydrogens (primary N) is 1. The molecular weight excluding hydrogens is 260 g/mol. The Morgan fingerprint density at radius 2 is 1.48 bits per heavy atom. The van der Waals surface area contributed by atoms with Crippen LogP contribution in [0.25, 0.3) is 0 Å². The lowest BCUT2D eigenvalue weighted by molar-refractivity contribution is -0.121. The molecule has 0 radical (unpaired) electrons. The maximum absolute atomic E-state index is 12.1. The minimum absolute atomic E-state index is 0.0324. The maximum atomic E-state index is 12.1. The summed E-state index contributed by atoms with van der Waals surface area (Å²) in [5, 5.41) is 3.11. The van der Waals surface area contributed by atoms with Crippen LogP contribution >= 0.6 is 0 Å². The zero-order chi connectivity index (χ0) is 15.1. The quantitative estimate of drug-likeness (QED) is 0.855. The number of rotatable bonds is 6. The lowest BCUT2D eigenvalue weighted by Gasteiger charge is -2.20. The molecule has 0 aromatic heterocycles. The summed E-state index contributed by atoms with van der Waals surface area (Å²) in [6.45, 7) is 1.92. The molecule has 2 aromatic carbocycles. The Hall–Kier alpha value is -2.13.